The molecule has 7 heteroatoms. The first-order valence-corrected chi connectivity index (χ1v) is 13.3. The van der Waals surface area contributed by atoms with Gasteiger partial charge < -0.3 is 10.4 Å². The SMILES string of the molecule is C[C@H]1CCc2ccc(CCCCC(F)[C@@H]3CCN([C@@H](C(=O)O)c4cccnc4C4CC4)C3)nc2N1. The zero-order valence-corrected chi connectivity index (χ0v) is 20.6. The van der Waals surface area contributed by atoms with Crippen molar-refractivity contribution in [2.75, 3.05) is 18.4 Å². The maximum Gasteiger partial charge on any atom is 0.325 e. The smallest absolute Gasteiger partial charge is 0.325 e. The van der Waals surface area contributed by atoms with Crippen LogP contribution in [0.15, 0.2) is 30.5 Å². The Hall–Kier alpha value is -2.54. The topological polar surface area (TPSA) is 78.4 Å². The highest BCUT2D eigenvalue weighted by Crippen LogP contribution is 2.43. The van der Waals surface area contributed by atoms with E-state index in [1.165, 1.54) is 5.56 Å². The first kappa shape index (κ1) is 24.2. The van der Waals surface area contributed by atoms with E-state index in [1.54, 1.807) is 6.20 Å². The summed E-state index contributed by atoms with van der Waals surface area (Å²) >= 11 is 0. The highest BCUT2D eigenvalue weighted by Gasteiger charge is 2.39. The molecule has 1 aliphatic carbocycles. The number of aryl methyl sites for hydroxylation is 2. The maximum absolute atomic E-state index is 15.1. The number of hydrogen-bond acceptors (Lipinski definition) is 5. The van der Waals surface area contributed by atoms with Crippen molar-refractivity contribution in [1.29, 1.82) is 0 Å². The number of unbranched alkanes of at least 4 members (excludes halogenated alkanes) is 1. The van der Waals surface area contributed by atoms with Gasteiger partial charge in [0, 0.05) is 47.6 Å². The van der Waals surface area contributed by atoms with Gasteiger partial charge in [0.25, 0.3) is 0 Å². The van der Waals surface area contributed by atoms with E-state index < -0.39 is 18.2 Å². The fourth-order valence-electron chi connectivity index (χ4n) is 5.74. The molecule has 0 bridgehead atoms. The molecule has 1 saturated carbocycles. The average Bonchev–Trinajstić information content (AvgIpc) is 3.59. The molecule has 4 atom stereocenters. The van der Waals surface area contributed by atoms with Crippen LogP contribution in [0.3, 0.4) is 0 Å². The zero-order valence-electron chi connectivity index (χ0n) is 20.6. The first-order valence-electron chi connectivity index (χ1n) is 13.3. The van der Waals surface area contributed by atoms with E-state index in [0.29, 0.717) is 37.9 Å². The Bertz CT molecular complexity index is 1040. The molecule has 4 heterocycles. The molecule has 5 rings (SSSR count). The van der Waals surface area contributed by atoms with Crippen LogP contribution in [0.5, 0.6) is 0 Å². The van der Waals surface area contributed by atoms with Crippen LogP contribution in [-0.2, 0) is 17.6 Å². The highest BCUT2D eigenvalue weighted by molar-refractivity contribution is 5.76. The molecule has 2 aromatic rings. The number of anilines is 1. The molecule has 3 aliphatic rings. The van der Waals surface area contributed by atoms with Crippen molar-refractivity contribution in [3.8, 4) is 0 Å². The molecular weight excluding hydrogens is 443 g/mol. The van der Waals surface area contributed by atoms with E-state index in [2.05, 4.69) is 29.4 Å². The average molecular weight is 481 g/mol. The summed E-state index contributed by atoms with van der Waals surface area (Å²) in [5.41, 5.74) is 4.07. The second-order valence-electron chi connectivity index (χ2n) is 10.7. The minimum Gasteiger partial charge on any atom is -0.480 e. The number of nitrogens with one attached hydrogen (secondary N) is 1. The van der Waals surface area contributed by atoms with Gasteiger partial charge in [-0.15, -0.1) is 0 Å². The molecule has 1 unspecified atom stereocenters. The molecule has 6 nitrogen and oxygen atoms in total. The number of pyridine rings is 2. The predicted molar refractivity (Wildman–Crippen MR) is 134 cm³/mol. The lowest BCUT2D eigenvalue weighted by Crippen LogP contribution is -2.34. The largest absolute Gasteiger partial charge is 0.480 e. The van der Waals surface area contributed by atoms with Crippen molar-refractivity contribution in [3.63, 3.8) is 0 Å². The first-order chi connectivity index (χ1) is 17.0. The zero-order chi connectivity index (χ0) is 24.4. The lowest BCUT2D eigenvalue weighted by Gasteiger charge is -2.26. The Morgan fingerprint density at radius 1 is 1.23 bits per heavy atom. The van der Waals surface area contributed by atoms with E-state index in [1.807, 2.05) is 17.0 Å². The standard InChI is InChI=1S/C28H37FN4O2/c1-18-8-9-20-12-13-22(32-27(20)31-18)5-2-3-7-24(29)21-14-16-33(17-21)26(28(34)35)23-6-4-15-30-25(23)19-10-11-19/h4,6,12-13,15,18-19,21,24,26H,2-3,5,7-11,14,16-17H2,1H3,(H,31,32)(H,34,35)/t18-,21+,24?,26+/m0/s1. The summed E-state index contributed by atoms with van der Waals surface area (Å²) in [6.45, 7) is 3.29. The number of aromatic nitrogens is 2. The number of carboxylic acids is 1. The number of hydrogen-bond donors (Lipinski definition) is 2. The Kier molecular flexibility index (Phi) is 7.32. The molecule has 0 aromatic carbocycles. The number of alkyl halides is 1. The van der Waals surface area contributed by atoms with E-state index in [4.69, 9.17) is 4.98 Å². The number of rotatable bonds is 10. The summed E-state index contributed by atoms with van der Waals surface area (Å²) in [6.07, 6.45) is 9.03. The molecule has 2 N–H and O–H groups in total. The van der Waals surface area contributed by atoms with Gasteiger partial charge in [-0.2, -0.15) is 0 Å². The van der Waals surface area contributed by atoms with Crippen molar-refractivity contribution in [2.45, 2.75) is 88.9 Å². The van der Waals surface area contributed by atoms with Crippen LogP contribution >= 0.6 is 0 Å². The number of carbonyl (C=O) groups is 1. The fourth-order valence-corrected chi connectivity index (χ4v) is 5.74. The van der Waals surface area contributed by atoms with Gasteiger partial charge in [0.1, 0.15) is 18.0 Å². The van der Waals surface area contributed by atoms with E-state index in [0.717, 1.165) is 67.7 Å². The molecule has 188 valence electrons. The van der Waals surface area contributed by atoms with Gasteiger partial charge in [-0.1, -0.05) is 18.6 Å². The minimum absolute atomic E-state index is 0.106. The van der Waals surface area contributed by atoms with Crippen LogP contribution in [0.25, 0.3) is 0 Å². The van der Waals surface area contributed by atoms with Gasteiger partial charge in [-0.25, -0.2) is 9.37 Å². The third kappa shape index (κ3) is 5.66. The fraction of sp³-hybridized carbons (Fsp3) is 0.607. The van der Waals surface area contributed by atoms with Crippen LogP contribution in [-0.4, -0.2) is 51.2 Å². The predicted octanol–water partition coefficient (Wildman–Crippen LogP) is 5.30. The van der Waals surface area contributed by atoms with Crippen molar-refractivity contribution < 1.29 is 14.3 Å². The Morgan fingerprint density at radius 2 is 2.09 bits per heavy atom. The molecule has 2 aliphatic heterocycles. The van der Waals surface area contributed by atoms with Crippen molar-refractivity contribution in [1.82, 2.24) is 14.9 Å². The molecule has 0 spiro atoms. The Labute approximate surface area is 207 Å². The van der Waals surface area contributed by atoms with E-state index in [9.17, 15) is 9.90 Å². The van der Waals surface area contributed by atoms with Crippen molar-refractivity contribution >= 4 is 11.8 Å². The van der Waals surface area contributed by atoms with E-state index in [-0.39, 0.29) is 5.92 Å². The quantitative estimate of drug-likeness (QED) is 0.450. The van der Waals surface area contributed by atoms with Gasteiger partial charge >= 0.3 is 5.97 Å². The number of halogens is 1. The van der Waals surface area contributed by atoms with Crippen molar-refractivity contribution in [2.24, 2.45) is 5.92 Å². The Morgan fingerprint density at radius 3 is 2.89 bits per heavy atom. The summed E-state index contributed by atoms with van der Waals surface area (Å²) < 4.78 is 15.1. The van der Waals surface area contributed by atoms with Gasteiger partial charge in [0.2, 0.25) is 0 Å². The molecule has 0 radical (unpaired) electrons. The number of likely N-dealkylation sites (tertiary alicyclic amines) is 1. The van der Waals surface area contributed by atoms with Gasteiger partial charge in [0.15, 0.2) is 0 Å². The van der Waals surface area contributed by atoms with Gasteiger partial charge in [-0.05, 0) is 82.5 Å². The third-order valence-electron chi connectivity index (χ3n) is 7.93. The van der Waals surface area contributed by atoms with Crippen LogP contribution in [0.1, 0.15) is 86.3 Å². The molecule has 2 fully saturated rings. The van der Waals surface area contributed by atoms with E-state index >= 15 is 4.39 Å². The molecule has 35 heavy (non-hydrogen) atoms. The maximum atomic E-state index is 15.1. The lowest BCUT2D eigenvalue weighted by atomic mass is 9.97. The summed E-state index contributed by atoms with van der Waals surface area (Å²) in [4.78, 5) is 23.5. The molecule has 2 aromatic heterocycles. The Balaban J connectivity index is 1.12. The second kappa shape index (κ2) is 10.6. The summed E-state index contributed by atoms with van der Waals surface area (Å²) in [7, 11) is 0. The molecular formula is C28H37FN4O2. The summed E-state index contributed by atoms with van der Waals surface area (Å²) in [6, 6.07) is 7.72. The molecule has 0 amide bonds. The lowest BCUT2D eigenvalue weighted by molar-refractivity contribution is -0.143. The number of carboxylic acid groups (broad SMARTS) is 1. The number of nitrogens with zero attached hydrogens (tertiary/aromatic N) is 3. The van der Waals surface area contributed by atoms with Crippen LogP contribution in [0.2, 0.25) is 0 Å². The monoisotopic (exact) mass is 480 g/mol. The van der Waals surface area contributed by atoms with Gasteiger partial charge in [0.05, 0.1) is 0 Å². The van der Waals surface area contributed by atoms with Crippen LogP contribution in [0.4, 0.5) is 10.2 Å². The molecule has 1 saturated heterocycles. The summed E-state index contributed by atoms with van der Waals surface area (Å²) in [5, 5.41) is 13.5. The van der Waals surface area contributed by atoms with Crippen LogP contribution in [0, 0.1) is 5.92 Å². The number of aliphatic carboxylic acids is 1. The normalized spacial score (nSPS) is 23.9. The third-order valence-corrected chi connectivity index (χ3v) is 7.93. The second-order valence-corrected chi connectivity index (χ2v) is 10.7. The van der Waals surface area contributed by atoms with Crippen LogP contribution < -0.4 is 5.32 Å². The highest BCUT2D eigenvalue weighted by atomic mass is 19.1. The number of fused-ring (bicyclic) bond motifs is 1. The summed E-state index contributed by atoms with van der Waals surface area (Å²) in [5.74, 6) is 0.425. The minimum atomic E-state index is -0.898. The van der Waals surface area contributed by atoms with Gasteiger partial charge in [-0.3, -0.25) is 14.7 Å². The van der Waals surface area contributed by atoms with Crippen molar-refractivity contribution in [3.05, 3.63) is 53.0 Å².